The van der Waals surface area contributed by atoms with Gasteiger partial charge in [-0.3, -0.25) is 0 Å². The van der Waals surface area contributed by atoms with Crippen LogP contribution in [0.2, 0.25) is 0 Å². The lowest BCUT2D eigenvalue weighted by Gasteiger charge is -1.98. The van der Waals surface area contributed by atoms with Crippen LogP contribution in [0.5, 0.6) is 0 Å². The first-order chi connectivity index (χ1) is 8.90. The molecule has 0 unspecified atom stereocenters. The van der Waals surface area contributed by atoms with Gasteiger partial charge in [0.15, 0.2) is 0 Å². The normalized spacial score (nSPS) is 9.47. The Morgan fingerprint density at radius 2 is 1.68 bits per heavy atom. The summed E-state index contributed by atoms with van der Waals surface area (Å²) in [7, 11) is 0. The average Bonchev–Trinajstić information content (AvgIpc) is 2.28. The third-order valence-corrected chi connectivity index (χ3v) is 2.25. The number of nitrogens with zero attached hydrogens (tertiary/aromatic N) is 4. The number of aromatic carboxylic acids is 1. The Morgan fingerprint density at radius 1 is 1.05 bits per heavy atom. The Hall–Kier alpha value is -2.37. The summed E-state index contributed by atoms with van der Waals surface area (Å²) in [6.45, 7) is 7.21. The van der Waals surface area contributed by atoms with Crippen molar-refractivity contribution in [1.29, 1.82) is 0 Å². The molecule has 0 bridgehead atoms. The van der Waals surface area contributed by atoms with Crippen LogP contribution in [-0.2, 0) is 0 Å². The van der Waals surface area contributed by atoms with Crippen molar-refractivity contribution < 1.29 is 9.90 Å². The number of carboxylic acids is 1. The van der Waals surface area contributed by atoms with Crippen molar-refractivity contribution in [3.63, 3.8) is 0 Å². The van der Waals surface area contributed by atoms with Gasteiger partial charge in [-0.1, -0.05) is 0 Å². The van der Waals surface area contributed by atoms with E-state index in [1.54, 1.807) is 20.0 Å². The first-order valence-corrected chi connectivity index (χ1v) is 5.70. The molecule has 2 aromatic rings. The summed E-state index contributed by atoms with van der Waals surface area (Å²) in [5.41, 5.74) is 1.69. The van der Waals surface area contributed by atoms with Gasteiger partial charge >= 0.3 is 5.97 Å². The minimum Gasteiger partial charge on any atom is -0.478 e. The van der Waals surface area contributed by atoms with Crippen molar-refractivity contribution in [1.82, 2.24) is 19.9 Å². The van der Waals surface area contributed by atoms with Crippen LogP contribution >= 0.6 is 0 Å². The van der Waals surface area contributed by atoms with E-state index in [4.69, 9.17) is 5.11 Å². The van der Waals surface area contributed by atoms with Crippen molar-refractivity contribution in [2.24, 2.45) is 0 Å². The summed E-state index contributed by atoms with van der Waals surface area (Å²) in [5.74, 6) is 0.444. The molecule has 0 saturated heterocycles. The number of hydrogen-bond donors (Lipinski definition) is 1. The predicted molar refractivity (Wildman–Crippen MR) is 70.0 cm³/mol. The highest BCUT2D eigenvalue weighted by molar-refractivity contribution is 5.88. The fourth-order valence-electron chi connectivity index (χ4n) is 1.37. The van der Waals surface area contributed by atoms with Crippen LogP contribution in [0.15, 0.2) is 18.5 Å². The van der Waals surface area contributed by atoms with Crippen molar-refractivity contribution in [2.45, 2.75) is 27.7 Å². The number of aryl methyl sites for hydroxylation is 4. The van der Waals surface area contributed by atoms with Crippen LogP contribution in [0.4, 0.5) is 0 Å². The first kappa shape index (κ1) is 14.7. The van der Waals surface area contributed by atoms with Gasteiger partial charge in [-0.15, -0.1) is 0 Å². The van der Waals surface area contributed by atoms with Crippen molar-refractivity contribution >= 4 is 5.97 Å². The van der Waals surface area contributed by atoms with E-state index in [-0.39, 0.29) is 5.56 Å². The van der Waals surface area contributed by atoms with Crippen LogP contribution in [0, 0.1) is 27.7 Å². The highest BCUT2D eigenvalue weighted by atomic mass is 16.4. The second-order valence-corrected chi connectivity index (χ2v) is 3.97. The third kappa shape index (κ3) is 4.79. The maximum atomic E-state index is 10.5. The smallest absolute Gasteiger partial charge is 0.339 e. The second-order valence-electron chi connectivity index (χ2n) is 3.97. The molecule has 0 aliphatic heterocycles. The molecule has 0 fully saturated rings. The van der Waals surface area contributed by atoms with Gasteiger partial charge in [-0.05, 0) is 33.8 Å². The molecule has 2 aromatic heterocycles. The van der Waals surface area contributed by atoms with Crippen LogP contribution in [0.25, 0.3) is 0 Å². The Labute approximate surface area is 111 Å². The molecule has 0 aliphatic rings. The fraction of sp³-hybridized carbons (Fsp3) is 0.308. The van der Waals surface area contributed by atoms with Gasteiger partial charge in [0.25, 0.3) is 0 Å². The second kappa shape index (κ2) is 6.53. The molecule has 2 heterocycles. The Bertz CT molecular complexity index is 567. The van der Waals surface area contributed by atoms with Gasteiger partial charge in [-0.25, -0.2) is 24.7 Å². The number of rotatable bonds is 1. The SMILES string of the molecule is Cc1ccnc(C)n1.Cc1ncc(C(=O)O)c(C)n1. The maximum Gasteiger partial charge on any atom is 0.339 e. The summed E-state index contributed by atoms with van der Waals surface area (Å²) < 4.78 is 0. The van der Waals surface area contributed by atoms with Gasteiger partial charge in [0.1, 0.15) is 11.6 Å². The molecular formula is C13H16N4O2. The highest BCUT2D eigenvalue weighted by Crippen LogP contribution is 2.02. The van der Waals surface area contributed by atoms with Crippen molar-refractivity contribution in [2.75, 3.05) is 0 Å². The lowest BCUT2D eigenvalue weighted by Crippen LogP contribution is -2.03. The zero-order valence-corrected chi connectivity index (χ0v) is 11.4. The first-order valence-electron chi connectivity index (χ1n) is 5.70. The fourth-order valence-corrected chi connectivity index (χ4v) is 1.37. The quantitative estimate of drug-likeness (QED) is 0.842. The third-order valence-electron chi connectivity index (χ3n) is 2.25. The zero-order valence-electron chi connectivity index (χ0n) is 11.4. The molecule has 1 N–H and O–H groups in total. The van der Waals surface area contributed by atoms with Gasteiger partial charge < -0.3 is 5.11 Å². The van der Waals surface area contributed by atoms with Crippen molar-refractivity contribution in [3.8, 4) is 0 Å². The molecule has 0 spiro atoms. The molecule has 100 valence electrons. The summed E-state index contributed by atoms with van der Waals surface area (Å²) in [4.78, 5) is 26.1. The van der Waals surface area contributed by atoms with Crippen LogP contribution in [0.3, 0.4) is 0 Å². The largest absolute Gasteiger partial charge is 0.478 e. The molecule has 6 nitrogen and oxygen atoms in total. The van der Waals surface area contributed by atoms with Crippen LogP contribution < -0.4 is 0 Å². The van der Waals surface area contributed by atoms with Crippen molar-refractivity contribution in [3.05, 3.63) is 47.1 Å². The summed E-state index contributed by atoms with van der Waals surface area (Å²) in [6.07, 6.45) is 3.08. The summed E-state index contributed by atoms with van der Waals surface area (Å²) in [6, 6.07) is 1.88. The molecule has 0 amide bonds. The van der Waals surface area contributed by atoms with Gasteiger partial charge in [0.2, 0.25) is 0 Å². The number of carboxylic acid groups (broad SMARTS) is 1. The average molecular weight is 260 g/mol. The van der Waals surface area contributed by atoms with Gasteiger partial charge in [-0.2, -0.15) is 0 Å². The molecule has 0 aromatic carbocycles. The highest BCUT2D eigenvalue weighted by Gasteiger charge is 2.07. The topological polar surface area (TPSA) is 88.9 Å². The van der Waals surface area contributed by atoms with Gasteiger partial charge in [0, 0.05) is 18.1 Å². The van der Waals surface area contributed by atoms with E-state index in [1.807, 2.05) is 19.9 Å². The Morgan fingerprint density at radius 3 is 2.11 bits per heavy atom. The Balaban J connectivity index is 0.000000200. The van der Waals surface area contributed by atoms with E-state index in [1.165, 1.54) is 6.20 Å². The zero-order chi connectivity index (χ0) is 14.4. The van der Waals surface area contributed by atoms with E-state index in [2.05, 4.69) is 19.9 Å². The van der Waals surface area contributed by atoms with Crippen LogP contribution in [-0.4, -0.2) is 31.0 Å². The molecule has 0 radical (unpaired) electrons. The van der Waals surface area contributed by atoms with Crippen LogP contribution in [0.1, 0.15) is 33.4 Å². The summed E-state index contributed by atoms with van der Waals surface area (Å²) in [5, 5.41) is 8.58. The predicted octanol–water partition coefficient (Wildman–Crippen LogP) is 1.89. The number of hydrogen-bond acceptors (Lipinski definition) is 5. The molecule has 6 heteroatoms. The molecular weight excluding hydrogens is 244 g/mol. The molecule has 0 saturated carbocycles. The number of carbonyl (C=O) groups is 1. The molecule has 0 aliphatic carbocycles. The lowest BCUT2D eigenvalue weighted by atomic mass is 10.2. The van der Waals surface area contributed by atoms with E-state index in [9.17, 15) is 4.79 Å². The van der Waals surface area contributed by atoms with E-state index < -0.39 is 5.97 Å². The molecule has 0 atom stereocenters. The van der Waals surface area contributed by atoms with E-state index in [0.29, 0.717) is 11.5 Å². The van der Waals surface area contributed by atoms with E-state index in [0.717, 1.165) is 11.5 Å². The molecule has 19 heavy (non-hydrogen) atoms. The minimum atomic E-state index is -0.984. The minimum absolute atomic E-state index is 0.163. The maximum absolute atomic E-state index is 10.5. The lowest BCUT2D eigenvalue weighted by molar-refractivity contribution is 0.0695. The summed E-state index contributed by atoms with van der Waals surface area (Å²) >= 11 is 0. The monoisotopic (exact) mass is 260 g/mol. The Kier molecular flexibility index (Phi) is 5.05. The van der Waals surface area contributed by atoms with Gasteiger partial charge in [0.05, 0.1) is 11.3 Å². The van der Waals surface area contributed by atoms with E-state index >= 15 is 0 Å². The number of aromatic nitrogens is 4. The molecule has 2 rings (SSSR count). The standard InChI is InChI=1S/C7H8N2O2.C6H8N2/c1-4-6(7(10)11)3-8-5(2)9-4;1-5-3-4-7-6(2)8-5/h3H,1-2H3,(H,10,11);3-4H,1-2H3.